The SMILES string of the molecule is S=C(NCCc1ccc2c(c1)OCO2)NCCc1ccccc1S. The third kappa shape index (κ3) is 4.55. The Morgan fingerprint density at radius 3 is 2.58 bits per heavy atom. The molecule has 6 heteroatoms. The second-order valence-corrected chi connectivity index (χ2v) is 6.39. The van der Waals surface area contributed by atoms with Gasteiger partial charge in [0.1, 0.15) is 0 Å². The molecule has 0 spiro atoms. The molecular formula is C18H20N2O2S2. The molecule has 1 aliphatic rings. The van der Waals surface area contributed by atoms with Crippen molar-refractivity contribution in [3.63, 3.8) is 0 Å². The Morgan fingerprint density at radius 2 is 1.75 bits per heavy atom. The first kappa shape index (κ1) is 16.9. The van der Waals surface area contributed by atoms with E-state index < -0.39 is 0 Å². The van der Waals surface area contributed by atoms with Crippen LogP contribution in [0.1, 0.15) is 11.1 Å². The summed E-state index contributed by atoms with van der Waals surface area (Å²) in [4.78, 5) is 1.01. The van der Waals surface area contributed by atoms with Crippen molar-refractivity contribution in [1.29, 1.82) is 0 Å². The van der Waals surface area contributed by atoms with Crippen LogP contribution < -0.4 is 20.1 Å². The Hall–Kier alpha value is -1.92. The number of hydrogen-bond acceptors (Lipinski definition) is 4. The average Bonchev–Trinajstić information content (AvgIpc) is 3.04. The van der Waals surface area contributed by atoms with Gasteiger partial charge in [0, 0.05) is 18.0 Å². The van der Waals surface area contributed by atoms with E-state index in [2.05, 4.69) is 35.4 Å². The van der Waals surface area contributed by atoms with Gasteiger partial charge in [-0.15, -0.1) is 12.6 Å². The monoisotopic (exact) mass is 360 g/mol. The smallest absolute Gasteiger partial charge is 0.231 e. The van der Waals surface area contributed by atoms with Crippen LogP contribution in [0.2, 0.25) is 0 Å². The lowest BCUT2D eigenvalue weighted by Gasteiger charge is -2.11. The highest BCUT2D eigenvalue weighted by Gasteiger charge is 2.12. The number of benzene rings is 2. The van der Waals surface area contributed by atoms with Crippen LogP contribution in [0.25, 0.3) is 0 Å². The minimum Gasteiger partial charge on any atom is -0.454 e. The van der Waals surface area contributed by atoms with Gasteiger partial charge in [-0.3, -0.25) is 0 Å². The Kier molecular flexibility index (Phi) is 5.82. The van der Waals surface area contributed by atoms with Gasteiger partial charge in [-0.25, -0.2) is 0 Å². The van der Waals surface area contributed by atoms with Crippen LogP contribution in [0, 0.1) is 0 Å². The number of hydrogen-bond donors (Lipinski definition) is 3. The summed E-state index contributed by atoms with van der Waals surface area (Å²) in [6.45, 7) is 1.86. The van der Waals surface area contributed by atoms with E-state index in [1.807, 2.05) is 30.3 Å². The first-order valence-corrected chi connectivity index (χ1v) is 8.75. The molecule has 0 fully saturated rings. The quantitative estimate of drug-likeness (QED) is 0.546. The van der Waals surface area contributed by atoms with Crippen LogP contribution in [0.4, 0.5) is 0 Å². The largest absolute Gasteiger partial charge is 0.454 e. The minimum absolute atomic E-state index is 0.306. The fourth-order valence-corrected chi connectivity index (χ4v) is 2.99. The molecule has 2 aromatic carbocycles. The first-order valence-electron chi connectivity index (χ1n) is 7.89. The van der Waals surface area contributed by atoms with Crippen molar-refractivity contribution in [2.24, 2.45) is 0 Å². The Morgan fingerprint density at radius 1 is 1.00 bits per heavy atom. The average molecular weight is 361 g/mol. The highest BCUT2D eigenvalue weighted by Crippen LogP contribution is 2.32. The second-order valence-electron chi connectivity index (χ2n) is 5.50. The van der Waals surface area contributed by atoms with Crippen LogP contribution >= 0.6 is 24.8 Å². The summed E-state index contributed by atoms with van der Waals surface area (Å²) in [5.74, 6) is 1.63. The highest BCUT2D eigenvalue weighted by atomic mass is 32.1. The standard InChI is InChI=1S/C18H20N2O2S2/c23-17-4-2-1-3-14(17)8-10-20-18(24)19-9-7-13-5-6-15-16(11-13)22-12-21-15/h1-6,11,23H,7-10,12H2,(H2,19,20,24). The number of nitrogens with one attached hydrogen (secondary N) is 2. The molecule has 0 saturated heterocycles. The van der Waals surface area contributed by atoms with Gasteiger partial charge in [0.15, 0.2) is 16.6 Å². The molecule has 24 heavy (non-hydrogen) atoms. The van der Waals surface area contributed by atoms with Crippen molar-refractivity contribution >= 4 is 30.0 Å². The van der Waals surface area contributed by atoms with Crippen LogP contribution in [-0.4, -0.2) is 25.0 Å². The molecular weight excluding hydrogens is 340 g/mol. The normalized spacial score (nSPS) is 12.0. The zero-order valence-corrected chi connectivity index (χ0v) is 15.0. The lowest BCUT2D eigenvalue weighted by Crippen LogP contribution is -2.37. The molecule has 126 valence electrons. The summed E-state index contributed by atoms with van der Waals surface area (Å²) in [7, 11) is 0. The summed E-state index contributed by atoms with van der Waals surface area (Å²) in [5, 5.41) is 7.13. The van der Waals surface area contributed by atoms with E-state index in [9.17, 15) is 0 Å². The van der Waals surface area contributed by atoms with E-state index >= 15 is 0 Å². The number of thiol groups is 1. The van der Waals surface area contributed by atoms with Gasteiger partial charge in [0.25, 0.3) is 0 Å². The van der Waals surface area contributed by atoms with Gasteiger partial charge < -0.3 is 20.1 Å². The molecule has 2 aromatic rings. The number of fused-ring (bicyclic) bond motifs is 1. The number of rotatable bonds is 6. The van der Waals surface area contributed by atoms with Crippen molar-refractivity contribution in [3.8, 4) is 11.5 Å². The predicted molar refractivity (Wildman–Crippen MR) is 102 cm³/mol. The number of ether oxygens (including phenoxy) is 2. The lowest BCUT2D eigenvalue weighted by molar-refractivity contribution is 0.174. The van der Waals surface area contributed by atoms with E-state index in [4.69, 9.17) is 21.7 Å². The van der Waals surface area contributed by atoms with Crippen LogP contribution in [0.15, 0.2) is 47.4 Å². The zero-order chi connectivity index (χ0) is 16.8. The highest BCUT2D eigenvalue weighted by molar-refractivity contribution is 7.80. The molecule has 0 unspecified atom stereocenters. The minimum atomic E-state index is 0.306. The third-order valence-electron chi connectivity index (χ3n) is 3.81. The van der Waals surface area contributed by atoms with Gasteiger partial charge in [0.05, 0.1) is 0 Å². The molecule has 0 saturated carbocycles. The molecule has 0 aliphatic carbocycles. The molecule has 0 atom stereocenters. The van der Waals surface area contributed by atoms with Crippen LogP contribution in [-0.2, 0) is 12.8 Å². The van der Waals surface area contributed by atoms with E-state index in [1.54, 1.807) is 0 Å². The summed E-state index contributed by atoms with van der Waals surface area (Å²) in [6.07, 6.45) is 1.77. The first-order chi connectivity index (χ1) is 11.7. The van der Waals surface area contributed by atoms with Gasteiger partial charge in [-0.1, -0.05) is 24.3 Å². The van der Waals surface area contributed by atoms with Crippen molar-refractivity contribution in [2.75, 3.05) is 19.9 Å². The van der Waals surface area contributed by atoms with E-state index in [0.717, 1.165) is 42.3 Å². The maximum Gasteiger partial charge on any atom is 0.231 e. The fourth-order valence-electron chi connectivity index (χ4n) is 2.51. The van der Waals surface area contributed by atoms with Crippen LogP contribution in [0.3, 0.4) is 0 Å². The molecule has 2 N–H and O–H groups in total. The molecule has 4 nitrogen and oxygen atoms in total. The van der Waals surface area contributed by atoms with Crippen molar-refractivity contribution < 1.29 is 9.47 Å². The van der Waals surface area contributed by atoms with E-state index in [-0.39, 0.29) is 0 Å². The fraction of sp³-hybridized carbons (Fsp3) is 0.278. The summed E-state index contributed by atoms with van der Waals surface area (Å²) >= 11 is 9.76. The molecule has 0 radical (unpaired) electrons. The Labute approximate surface area is 153 Å². The molecule has 0 amide bonds. The second kappa shape index (κ2) is 8.26. The molecule has 3 rings (SSSR count). The summed E-state index contributed by atoms with van der Waals surface area (Å²) < 4.78 is 10.7. The maximum atomic E-state index is 5.38. The van der Waals surface area contributed by atoms with Crippen molar-refractivity contribution in [1.82, 2.24) is 10.6 Å². The van der Waals surface area contributed by atoms with Crippen molar-refractivity contribution in [2.45, 2.75) is 17.7 Å². The van der Waals surface area contributed by atoms with Gasteiger partial charge >= 0.3 is 0 Å². The molecule has 0 bridgehead atoms. The number of thiocarbonyl (C=S) groups is 1. The van der Waals surface area contributed by atoms with Gasteiger partial charge in [-0.05, 0) is 54.4 Å². The predicted octanol–water partition coefficient (Wildman–Crippen LogP) is 2.95. The molecule has 1 heterocycles. The maximum absolute atomic E-state index is 5.38. The van der Waals surface area contributed by atoms with Crippen molar-refractivity contribution in [3.05, 3.63) is 53.6 Å². The van der Waals surface area contributed by atoms with Gasteiger partial charge in [-0.2, -0.15) is 0 Å². The molecule has 1 aliphatic heterocycles. The summed E-state index contributed by atoms with van der Waals surface area (Å²) in [5.41, 5.74) is 2.41. The van der Waals surface area contributed by atoms with Crippen LogP contribution in [0.5, 0.6) is 11.5 Å². The third-order valence-corrected chi connectivity index (χ3v) is 4.53. The summed E-state index contributed by atoms with van der Waals surface area (Å²) in [6, 6.07) is 14.1. The lowest BCUT2D eigenvalue weighted by atomic mass is 10.1. The molecule has 0 aromatic heterocycles. The Balaban J connectivity index is 1.36. The zero-order valence-electron chi connectivity index (χ0n) is 13.2. The van der Waals surface area contributed by atoms with Gasteiger partial charge in [0.2, 0.25) is 6.79 Å². The topological polar surface area (TPSA) is 42.5 Å². The van der Waals surface area contributed by atoms with E-state index in [1.165, 1.54) is 11.1 Å². The Bertz CT molecular complexity index is 722. The van der Waals surface area contributed by atoms with E-state index in [0.29, 0.717) is 11.9 Å².